The molecule has 1 aliphatic carbocycles. The van der Waals surface area contributed by atoms with Gasteiger partial charge in [-0.2, -0.15) is 0 Å². The molecule has 1 aliphatic heterocycles. The summed E-state index contributed by atoms with van der Waals surface area (Å²) in [5, 5.41) is 8.89. The smallest absolute Gasteiger partial charge is 0.414 e. The third-order valence-corrected chi connectivity index (χ3v) is 7.13. The highest BCUT2D eigenvalue weighted by Gasteiger charge is 2.48. The maximum Gasteiger partial charge on any atom is 0.414 e. The summed E-state index contributed by atoms with van der Waals surface area (Å²) in [6, 6.07) is 4.16. The first-order chi connectivity index (χ1) is 13.5. The van der Waals surface area contributed by atoms with E-state index in [0.29, 0.717) is 5.92 Å². The van der Waals surface area contributed by atoms with Crippen LogP contribution in [-0.4, -0.2) is 49.3 Å². The molecule has 1 aromatic rings. The van der Waals surface area contributed by atoms with Gasteiger partial charge in [-0.15, -0.1) is 0 Å². The molecule has 10 heteroatoms. The van der Waals surface area contributed by atoms with Crippen molar-refractivity contribution in [2.45, 2.75) is 37.0 Å². The van der Waals surface area contributed by atoms with Crippen molar-refractivity contribution < 1.29 is 32.3 Å². The number of amides is 2. The van der Waals surface area contributed by atoms with Crippen LogP contribution in [0.15, 0.2) is 18.2 Å². The van der Waals surface area contributed by atoms with E-state index in [1.54, 1.807) is 0 Å². The zero-order valence-corrected chi connectivity index (χ0v) is 16.8. The maximum atomic E-state index is 14.3. The number of sulfone groups is 1. The molecule has 1 heterocycles. The van der Waals surface area contributed by atoms with Gasteiger partial charge in [-0.1, -0.05) is 11.8 Å². The molecule has 1 saturated heterocycles. The lowest BCUT2D eigenvalue weighted by molar-refractivity contribution is -0.132. The van der Waals surface area contributed by atoms with Gasteiger partial charge in [-0.3, -0.25) is 14.9 Å². The van der Waals surface area contributed by atoms with Crippen molar-refractivity contribution in [2.24, 2.45) is 5.92 Å². The Kier molecular flexibility index (Phi) is 5.56. The average Bonchev–Trinajstić information content (AvgIpc) is 3.40. The summed E-state index contributed by atoms with van der Waals surface area (Å²) in [7, 11) is -3.94. The molecule has 8 nitrogen and oxygen atoms in total. The Morgan fingerprint density at radius 3 is 2.69 bits per heavy atom. The predicted octanol–water partition coefficient (Wildman–Crippen LogP) is 1.61. The molecule has 2 fully saturated rings. The van der Waals surface area contributed by atoms with Gasteiger partial charge in [0.25, 0.3) is 5.91 Å². The Bertz CT molecular complexity index is 1010. The van der Waals surface area contributed by atoms with Crippen molar-refractivity contribution in [3.05, 3.63) is 29.6 Å². The number of rotatable bonds is 5. The summed E-state index contributed by atoms with van der Waals surface area (Å²) in [5.74, 6) is 4.37. The Labute approximate surface area is 167 Å². The van der Waals surface area contributed by atoms with E-state index in [2.05, 4.69) is 11.8 Å². The summed E-state index contributed by atoms with van der Waals surface area (Å²) in [6.07, 6.45) is 0.799. The van der Waals surface area contributed by atoms with Gasteiger partial charge in [0, 0.05) is 18.6 Å². The Hall–Kier alpha value is -2.64. The fourth-order valence-corrected chi connectivity index (χ4v) is 3.86. The van der Waals surface area contributed by atoms with Crippen molar-refractivity contribution in [3.8, 4) is 11.8 Å². The largest absolute Gasteiger partial charge is 0.444 e. The number of hydroxylamine groups is 1. The number of benzene rings is 1. The van der Waals surface area contributed by atoms with Crippen LogP contribution in [0.4, 0.5) is 14.9 Å². The van der Waals surface area contributed by atoms with Gasteiger partial charge in [0.1, 0.15) is 11.9 Å². The maximum absolute atomic E-state index is 14.3. The highest BCUT2D eigenvalue weighted by molar-refractivity contribution is 7.92. The minimum Gasteiger partial charge on any atom is -0.444 e. The third-order valence-electron chi connectivity index (χ3n) is 5.14. The van der Waals surface area contributed by atoms with Crippen molar-refractivity contribution in [1.82, 2.24) is 5.48 Å². The van der Waals surface area contributed by atoms with E-state index in [1.807, 2.05) is 0 Å². The number of anilines is 1. The zero-order valence-electron chi connectivity index (χ0n) is 15.9. The van der Waals surface area contributed by atoms with Crippen LogP contribution in [0, 0.1) is 23.6 Å². The van der Waals surface area contributed by atoms with Crippen LogP contribution in [0.1, 0.15) is 31.7 Å². The quantitative estimate of drug-likeness (QED) is 0.422. The van der Waals surface area contributed by atoms with E-state index in [9.17, 15) is 22.4 Å². The molecule has 2 N–H and O–H groups in total. The van der Waals surface area contributed by atoms with Gasteiger partial charge < -0.3 is 4.74 Å². The minimum absolute atomic E-state index is 0.0742. The summed E-state index contributed by atoms with van der Waals surface area (Å²) < 4.78 is 41.7. The van der Waals surface area contributed by atoms with E-state index >= 15 is 0 Å². The third kappa shape index (κ3) is 4.36. The minimum atomic E-state index is -3.94. The van der Waals surface area contributed by atoms with Gasteiger partial charge in [-0.25, -0.2) is 23.1 Å². The second-order valence-electron chi connectivity index (χ2n) is 7.47. The molecule has 1 saturated carbocycles. The summed E-state index contributed by atoms with van der Waals surface area (Å²) >= 11 is 0. The number of halogens is 1. The molecule has 0 spiro atoms. The molecule has 2 amide bonds. The molecule has 0 bridgehead atoms. The Balaban J connectivity index is 1.77. The number of cyclic esters (lactones) is 1. The predicted molar refractivity (Wildman–Crippen MR) is 101 cm³/mol. The van der Waals surface area contributed by atoms with Gasteiger partial charge in [0.15, 0.2) is 14.6 Å². The van der Waals surface area contributed by atoms with Crippen LogP contribution in [0.2, 0.25) is 0 Å². The molecule has 2 atom stereocenters. The highest BCUT2D eigenvalue weighted by atomic mass is 32.2. The van der Waals surface area contributed by atoms with Crippen LogP contribution < -0.4 is 10.4 Å². The van der Waals surface area contributed by atoms with Crippen LogP contribution in [0.3, 0.4) is 0 Å². The van der Waals surface area contributed by atoms with Crippen molar-refractivity contribution in [2.75, 3.05) is 17.7 Å². The Morgan fingerprint density at radius 1 is 1.45 bits per heavy atom. The number of nitrogens with zero attached hydrogens (tertiary/aromatic N) is 1. The first-order valence-corrected chi connectivity index (χ1v) is 10.9. The molecule has 0 unspecified atom stereocenters. The second kappa shape index (κ2) is 7.65. The molecule has 3 rings (SSSR count). The van der Waals surface area contributed by atoms with E-state index in [1.165, 1.54) is 17.6 Å². The number of nitrogens with one attached hydrogen (secondary N) is 1. The van der Waals surface area contributed by atoms with Crippen LogP contribution in [0.5, 0.6) is 0 Å². The molecular weight excluding hydrogens is 403 g/mol. The lowest BCUT2D eigenvalue weighted by atomic mass is 10.0. The standard InChI is InChI=1S/C19H21FN2O6S/c1-19(17(23)21-25,29(2,26)27)10-15-11-22(18(24)28-15)14-8-7-13(16(20)9-14)6-5-12-3-4-12/h7-9,12,15,25H,3-4,10-11H2,1-2H3,(H,21,23)/t15-,19+/m0/s1. The van der Waals surface area contributed by atoms with Crippen molar-refractivity contribution >= 4 is 27.5 Å². The number of ether oxygens (including phenoxy) is 1. The van der Waals surface area contributed by atoms with Gasteiger partial charge >= 0.3 is 6.09 Å². The molecular formula is C19H21FN2O6S. The SMILES string of the molecule is C[C@@](C[C@H]1CN(c2ccc(C#CC3CC3)c(F)c2)C(=O)O1)(C(=O)NO)S(C)(=O)=O. The molecule has 2 aliphatic rings. The molecule has 0 aromatic heterocycles. The number of carbonyl (C=O) groups is 2. The second-order valence-corrected chi connectivity index (χ2v) is 9.92. The monoisotopic (exact) mass is 424 g/mol. The molecule has 156 valence electrons. The number of hydrogen-bond donors (Lipinski definition) is 2. The van der Waals surface area contributed by atoms with E-state index in [-0.39, 0.29) is 24.2 Å². The van der Waals surface area contributed by atoms with Crippen LogP contribution >= 0.6 is 0 Å². The lowest BCUT2D eigenvalue weighted by Crippen LogP contribution is -2.51. The molecule has 29 heavy (non-hydrogen) atoms. The van der Waals surface area contributed by atoms with Crippen molar-refractivity contribution in [1.29, 1.82) is 0 Å². The van der Waals surface area contributed by atoms with Crippen LogP contribution in [0.25, 0.3) is 0 Å². The lowest BCUT2D eigenvalue weighted by Gasteiger charge is -2.26. The first kappa shape index (κ1) is 21.1. The summed E-state index contributed by atoms with van der Waals surface area (Å²) in [5.41, 5.74) is 1.81. The normalized spacial score (nSPS) is 21.0. The van der Waals surface area contributed by atoms with Gasteiger partial charge in [-0.05, 0) is 38.0 Å². The Morgan fingerprint density at radius 2 is 2.14 bits per heavy atom. The molecule has 1 aromatic carbocycles. The highest BCUT2D eigenvalue weighted by Crippen LogP contribution is 2.31. The fourth-order valence-electron chi connectivity index (χ4n) is 2.98. The zero-order chi connectivity index (χ0) is 21.4. The number of hydrogen-bond acceptors (Lipinski definition) is 6. The summed E-state index contributed by atoms with van der Waals surface area (Å²) in [4.78, 5) is 25.3. The number of carbonyl (C=O) groups excluding carboxylic acids is 2. The van der Waals surface area contributed by atoms with Gasteiger partial charge in [0.05, 0.1) is 17.8 Å². The molecule has 0 radical (unpaired) electrons. The van der Waals surface area contributed by atoms with Crippen molar-refractivity contribution in [3.63, 3.8) is 0 Å². The first-order valence-electron chi connectivity index (χ1n) is 8.98. The topological polar surface area (TPSA) is 113 Å². The fraction of sp³-hybridized carbons (Fsp3) is 0.474. The van der Waals surface area contributed by atoms with E-state index in [0.717, 1.165) is 37.0 Å². The van der Waals surface area contributed by atoms with E-state index in [4.69, 9.17) is 9.94 Å². The van der Waals surface area contributed by atoms with Gasteiger partial charge in [0.2, 0.25) is 0 Å². The average molecular weight is 424 g/mol. The van der Waals surface area contributed by atoms with Crippen LogP contribution in [-0.2, 0) is 19.4 Å². The summed E-state index contributed by atoms with van der Waals surface area (Å²) in [6.45, 7) is 1.06. The van der Waals surface area contributed by atoms with E-state index < -0.39 is 38.5 Å².